The Hall–Kier alpha value is -0.610. The summed E-state index contributed by atoms with van der Waals surface area (Å²) in [6.45, 7) is 0. The van der Waals surface area contributed by atoms with Crippen molar-refractivity contribution >= 4 is 16.5 Å². The number of anilines is 1. The number of hydrogen-bond acceptors (Lipinski definition) is 4. The molecule has 4 heteroatoms. The Morgan fingerprint density at radius 2 is 2.00 bits per heavy atom. The van der Waals surface area contributed by atoms with E-state index >= 15 is 0 Å². The third-order valence-corrected chi connectivity index (χ3v) is 3.60. The van der Waals surface area contributed by atoms with Gasteiger partial charge in [0.15, 0.2) is 5.13 Å². The van der Waals surface area contributed by atoms with E-state index < -0.39 is 0 Å². The molecule has 1 aliphatic rings. The molecule has 0 saturated heterocycles. The fourth-order valence-corrected chi connectivity index (χ4v) is 2.60. The summed E-state index contributed by atoms with van der Waals surface area (Å²) in [4.78, 5) is 4.24. The summed E-state index contributed by atoms with van der Waals surface area (Å²) in [6.07, 6.45) is 6.92. The largest absolute Gasteiger partial charge is 0.359 e. The van der Waals surface area contributed by atoms with Gasteiger partial charge in [0, 0.05) is 23.7 Å². The molecule has 0 unspecified atom stereocenters. The normalized spacial score (nSPS) is 27.5. The first-order valence-corrected chi connectivity index (χ1v) is 6.09. The number of thiazole rings is 1. The molecule has 0 radical (unpaired) electrons. The molecule has 3 nitrogen and oxygen atoms in total. The van der Waals surface area contributed by atoms with E-state index in [0.717, 1.165) is 11.2 Å². The molecule has 1 heterocycles. The highest BCUT2D eigenvalue weighted by molar-refractivity contribution is 7.13. The van der Waals surface area contributed by atoms with Crippen molar-refractivity contribution in [1.29, 1.82) is 0 Å². The Morgan fingerprint density at radius 3 is 2.57 bits per heavy atom. The maximum atomic E-state index is 4.24. The second-order valence-corrected chi connectivity index (χ2v) is 4.71. The van der Waals surface area contributed by atoms with E-state index in [0.29, 0.717) is 6.04 Å². The van der Waals surface area contributed by atoms with Crippen LogP contribution in [0.15, 0.2) is 11.6 Å². The summed E-state index contributed by atoms with van der Waals surface area (Å²) in [5.74, 6) is 0. The SMILES string of the molecule is CNC1CCC(Nc2nccs2)CC1. The molecule has 1 aromatic heterocycles. The lowest BCUT2D eigenvalue weighted by Crippen LogP contribution is -2.34. The summed E-state index contributed by atoms with van der Waals surface area (Å²) < 4.78 is 0. The Morgan fingerprint density at radius 1 is 1.29 bits per heavy atom. The Kier molecular flexibility index (Phi) is 3.37. The second kappa shape index (κ2) is 4.75. The predicted octanol–water partition coefficient (Wildman–Crippen LogP) is 2.09. The van der Waals surface area contributed by atoms with Crippen molar-refractivity contribution in [2.45, 2.75) is 37.8 Å². The number of aromatic nitrogens is 1. The van der Waals surface area contributed by atoms with Crippen molar-refractivity contribution in [3.05, 3.63) is 11.6 Å². The fraction of sp³-hybridized carbons (Fsp3) is 0.700. The molecule has 2 N–H and O–H groups in total. The van der Waals surface area contributed by atoms with Crippen LogP contribution in [0.1, 0.15) is 25.7 Å². The van der Waals surface area contributed by atoms with Gasteiger partial charge < -0.3 is 10.6 Å². The van der Waals surface area contributed by atoms with Gasteiger partial charge in [0.1, 0.15) is 0 Å². The smallest absolute Gasteiger partial charge is 0.182 e. The molecular formula is C10H17N3S. The van der Waals surface area contributed by atoms with Crippen molar-refractivity contribution < 1.29 is 0 Å². The van der Waals surface area contributed by atoms with Crippen LogP contribution >= 0.6 is 11.3 Å². The lowest BCUT2D eigenvalue weighted by Gasteiger charge is -2.28. The summed E-state index contributed by atoms with van der Waals surface area (Å²) in [5.41, 5.74) is 0. The van der Waals surface area contributed by atoms with Gasteiger partial charge in [-0.3, -0.25) is 0 Å². The quantitative estimate of drug-likeness (QED) is 0.804. The minimum Gasteiger partial charge on any atom is -0.359 e. The van der Waals surface area contributed by atoms with Gasteiger partial charge in [-0.15, -0.1) is 11.3 Å². The van der Waals surface area contributed by atoms with Crippen LogP contribution < -0.4 is 10.6 Å². The monoisotopic (exact) mass is 211 g/mol. The summed E-state index contributed by atoms with van der Waals surface area (Å²) in [6, 6.07) is 1.36. The van der Waals surface area contributed by atoms with Crippen molar-refractivity contribution in [3.8, 4) is 0 Å². The standard InChI is InChI=1S/C10H17N3S/c1-11-8-2-4-9(5-3-8)13-10-12-6-7-14-10/h6-9,11H,2-5H2,1H3,(H,12,13). The molecular weight excluding hydrogens is 194 g/mol. The van der Waals surface area contributed by atoms with Crippen LogP contribution in [0.3, 0.4) is 0 Å². The maximum absolute atomic E-state index is 4.24. The molecule has 14 heavy (non-hydrogen) atoms. The molecule has 0 aromatic carbocycles. The Labute approximate surface area is 88.9 Å². The zero-order valence-electron chi connectivity index (χ0n) is 8.49. The van der Waals surface area contributed by atoms with E-state index in [2.05, 4.69) is 22.7 Å². The van der Waals surface area contributed by atoms with Gasteiger partial charge in [-0.1, -0.05) is 0 Å². The summed E-state index contributed by atoms with van der Waals surface area (Å²) >= 11 is 1.69. The van der Waals surface area contributed by atoms with Crippen LogP contribution in [0.4, 0.5) is 5.13 Å². The third kappa shape index (κ3) is 2.45. The van der Waals surface area contributed by atoms with E-state index in [1.54, 1.807) is 11.3 Å². The van der Waals surface area contributed by atoms with Crippen molar-refractivity contribution in [3.63, 3.8) is 0 Å². The molecule has 0 aliphatic heterocycles. The maximum Gasteiger partial charge on any atom is 0.182 e. The third-order valence-electron chi connectivity index (χ3n) is 2.90. The predicted molar refractivity (Wildman–Crippen MR) is 60.8 cm³/mol. The summed E-state index contributed by atoms with van der Waals surface area (Å²) in [5, 5.41) is 9.91. The molecule has 1 aliphatic carbocycles. The number of hydrogen-bond donors (Lipinski definition) is 2. The highest BCUT2D eigenvalue weighted by atomic mass is 32.1. The van der Waals surface area contributed by atoms with Gasteiger partial charge >= 0.3 is 0 Å². The molecule has 0 bridgehead atoms. The topological polar surface area (TPSA) is 37.0 Å². The molecule has 0 spiro atoms. The van der Waals surface area contributed by atoms with Gasteiger partial charge in [-0.2, -0.15) is 0 Å². The summed E-state index contributed by atoms with van der Waals surface area (Å²) in [7, 11) is 2.05. The second-order valence-electron chi connectivity index (χ2n) is 3.82. The van der Waals surface area contributed by atoms with E-state index in [1.165, 1.54) is 25.7 Å². The average Bonchev–Trinajstić information content (AvgIpc) is 2.72. The Balaban J connectivity index is 1.79. The van der Waals surface area contributed by atoms with Gasteiger partial charge in [0.2, 0.25) is 0 Å². The average molecular weight is 211 g/mol. The Bertz CT molecular complexity index is 252. The molecule has 1 saturated carbocycles. The first-order valence-electron chi connectivity index (χ1n) is 5.22. The highest BCUT2D eigenvalue weighted by Crippen LogP contribution is 2.22. The molecule has 1 aromatic rings. The lowest BCUT2D eigenvalue weighted by atomic mass is 9.91. The van der Waals surface area contributed by atoms with E-state index in [4.69, 9.17) is 0 Å². The van der Waals surface area contributed by atoms with Crippen molar-refractivity contribution in [2.75, 3.05) is 12.4 Å². The van der Waals surface area contributed by atoms with E-state index in [9.17, 15) is 0 Å². The van der Waals surface area contributed by atoms with Gasteiger partial charge in [0.05, 0.1) is 0 Å². The van der Waals surface area contributed by atoms with Crippen molar-refractivity contribution in [2.24, 2.45) is 0 Å². The van der Waals surface area contributed by atoms with Gasteiger partial charge in [-0.25, -0.2) is 4.98 Å². The van der Waals surface area contributed by atoms with Gasteiger partial charge in [-0.05, 0) is 32.7 Å². The first kappa shape index (κ1) is 9.93. The van der Waals surface area contributed by atoms with Crippen LogP contribution in [-0.2, 0) is 0 Å². The number of rotatable bonds is 3. The molecule has 0 amide bonds. The van der Waals surface area contributed by atoms with Crippen LogP contribution in [0.25, 0.3) is 0 Å². The molecule has 78 valence electrons. The zero-order chi connectivity index (χ0) is 9.80. The minimum atomic E-state index is 0.630. The minimum absolute atomic E-state index is 0.630. The molecule has 1 fully saturated rings. The highest BCUT2D eigenvalue weighted by Gasteiger charge is 2.19. The van der Waals surface area contributed by atoms with Gasteiger partial charge in [0.25, 0.3) is 0 Å². The van der Waals surface area contributed by atoms with Crippen LogP contribution in [0, 0.1) is 0 Å². The zero-order valence-corrected chi connectivity index (χ0v) is 9.31. The first-order chi connectivity index (χ1) is 6.88. The van der Waals surface area contributed by atoms with E-state index in [1.807, 2.05) is 11.6 Å². The number of nitrogens with zero attached hydrogens (tertiary/aromatic N) is 1. The number of nitrogens with one attached hydrogen (secondary N) is 2. The van der Waals surface area contributed by atoms with Crippen LogP contribution in [0.2, 0.25) is 0 Å². The van der Waals surface area contributed by atoms with Crippen molar-refractivity contribution in [1.82, 2.24) is 10.3 Å². The van der Waals surface area contributed by atoms with Crippen LogP contribution in [-0.4, -0.2) is 24.1 Å². The fourth-order valence-electron chi connectivity index (χ4n) is 2.00. The lowest BCUT2D eigenvalue weighted by molar-refractivity contribution is 0.371. The molecule has 2 rings (SSSR count). The molecule has 0 atom stereocenters. The van der Waals surface area contributed by atoms with Crippen LogP contribution in [0.5, 0.6) is 0 Å². The van der Waals surface area contributed by atoms with E-state index in [-0.39, 0.29) is 0 Å².